The first-order valence-corrected chi connectivity index (χ1v) is 8.11. The minimum atomic E-state index is -0.491. The van der Waals surface area contributed by atoms with Crippen molar-refractivity contribution in [2.24, 2.45) is 0 Å². The monoisotopic (exact) mass is 333 g/mol. The van der Waals surface area contributed by atoms with E-state index in [0.29, 0.717) is 16.7 Å². The third kappa shape index (κ3) is 2.25. The molecule has 3 nitrogen and oxygen atoms in total. The van der Waals surface area contributed by atoms with Crippen LogP contribution in [0.15, 0.2) is 65.4 Å². The van der Waals surface area contributed by atoms with E-state index in [9.17, 15) is 14.0 Å². The van der Waals surface area contributed by atoms with Gasteiger partial charge in [-0.25, -0.2) is 4.39 Å². The minimum Gasteiger partial charge on any atom is -0.358 e. The van der Waals surface area contributed by atoms with Gasteiger partial charge < -0.3 is 5.32 Å². The molecule has 0 spiro atoms. The molecule has 0 saturated heterocycles. The van der Waals surface area contributed by atoms with Gasteiger partial charge in [-0.1, -0.05) is 36.4 Å². The number of hydrogen-bond donors (Lipinski definition) is 1. The highest BCUT2D eigenvalue weighted by Crippen LogP contribution is 2.46. The molecule has 0 bridgehead atoms. The standard InChI is InChI=1S/C21H16FNO2/c1-11-17(12(2)24)18(13-7-9-14(22)10-8-13)19-20(23-11)15-5-3-4-6-16(15)21(19)25/h3-10,18,23H,1-2H3. The molecular weight excluding hydrogens is 317 g/mol. The first-order chi connectivity index (χ1) is 12.0. The first-order valence-electron chi connectivity index (χ1n) is 8.11. The van der Waals surface area contributed by atoms with E-state index in [1.54, 1.807) is 18.2 Å². The molecule has 124 valence electrons. The molecule has 0 radical (unpaired) electrons. The van der Waals surface area contributed by atoms with Crippen LogP contribution in [0.5, 0.6) is 0 Å². The Hall–Kier alpha value is -3.01. The quantitative estimate of drug-likeness (QED) is 0.904. The van der Waals surface area contributed by atoms with Crippen LogP contribution in [0, 0.1) is 5.82 Å². The Labute approximate surface area is 144 Å². The smallest absolute Gasteiger partial charge is 0.192 e. The molecule has 0 aromatic heterocycles. The molecule has 0 fully saturated rings. The highest BCUT2D eigenvalue weighted by Gasteiger charge is 2.41. The summed E-state index contributed by atoms with van der Waals surface area (Å²) in [5, 5.41) is 3.25. The Morgan fingerprint density at radius 3 is 2.32 bits per heavy atom. The number of carbonyl (C=O) groups is 2. The van der Waals surface area contributed by atoms with E-state index < -0.39 is 5.92 Å². The van der Waals surface area contributed by atoms with Gasteiger partial charge in [0.15, 0.2) is 11.6 Å². The maximum atomic E-state index is 13.4. The van der Waals surface area contributed by atoms with Crippen molar-refractivity contribution in [2.75, 3.05) is 0 Å². The highest BCUT2D eigenvalue weighted by molar-refractivity contribution is 6.23. The number of fused-ring (bicyclic) bond motifs is 2. The highest BCUT2D eigenvalue weighted by atomic mass is 19.1. The van der Waals surface area contributed by atoms with Gasteiger partial charge in [0.2, 0.25) is 0 Å². The van der Waals surface area contributed by atoms with E-state index in [2.05, 4.69) is 5.32 Å². The topological polar surface area (TPSA) is 46.2 Å². The molecule has 0 amide bonds. The predicted octanol–water partition coefficient (Wildman–Crippen LogP) is 3.98. The number of dihydropyridines is 1. The molecule has 2 aromatic rings. The van der Waals surface area contributed by atoms with Crippen molar-refractivity contribution < 1.29 is 14.0 Å². The van der Waals surface area contributed by atoms with Gasteiger partial charge in [0.05, 0.1) is 5.70 Å². The summed E-state index contributed by atoms with van der Waals surface area (Å²) in [6.07, 6.45) is 0. The molecule has 1 atom stereocenters. The van der Waals surface area contributed by atoms with Gasteiger partial charge in [-0.15, -0.1) is 0 Å². The zero-order valence-corrected chi connectivity index (χ0v) is 13.9. The maximum absolute atomic E-state index is 13.4. The second kappa shape index (κ2) is 5.52. The predicted molar refractivity (Wildman–Crippen MR) is 93.4 cm³/mol. The lowest BCUT2D eigenvalue weighted by atomic mass is 9.78. The fourth-order valence-corrected chi connectivity index (χ4v) is 3.78. The van der Waals surface area contributed by atoms with Crippen molar-refractivity contribution in [3.63, 3.8) is 0 Å². The average Bonchev–Trinajstić information content (AvgIpc) is 2.87. The van der Waals surface area contributed by atoms with Crippen LogP contribution in [0.1, 0.15) is 41.3 Å². The van der Waals surface area contributed by atoms with Crippen LogP contribution < -0.4 is 5.32 Å². The van der Waals surface area contributed by atoms with Crippen LogP contribution >= 0.6 is 0 Å². The first kappa shape index (κ1) is 15.5. The lowest BCUT2D eigenvalue weighted by Gasteiger charge is -2.29. The van der Waals surface area contributed by atoms with Gasteiger partial charge in [0, 0.05) is 33.9 Å². The fraction of sp³-hybridized carbons (Fsp3) is 0.143. The summed E-state index contributed by atoms with van der Waals surface area (Å²) in [6.45, 7) is 3.33. The number of benzene rings is 2. The van der Waals surface area contributed by atoms with Crippen molar-refractivity contribution in [2.45, 2.75) is 19.8 Å². The Morgan fingerprint density at radius 1 is 1.04 bits per heavy atom. The number of rotatable bonds is 2. The van der Waals surface area contributed by atoms with E-state index in [4.69, 9.17) is 0 Å². The SMILES string of the molecule is CC(=O)C1=C(C)NC2=C(C(=O)c3ccccc32)C1c1ccc(F)cc1. The molecule has 2 aliphatic rings. The molecule has 2 aromatic carbocycles. The summed E-state index contributed by atoms with van der Waals surface area (Å²) in [5.41, 5.74) is 4.79. The molecular formula is C21H16FNO2. The Bertz CT molecular complexity index is 983. The normalized spacial score (nSPS) is 18.8. The van der Waals surface area contributed by atoms with E-state index >= 15 is 0 Å². The van der Waals surface area contributed by atoms with Gasteiger partial charge in [-0.3, -0.25) is 9.59 Å². The summed E-state index contributed by atoms with van der Waals surface area (Å²) in [4.78, 5) is 25.4. The largest absolute Gasteiger partial charge is 0.358 e. The van der Waals surface area contributed by atoms with Crippen molar-refractivity contribution in [3.05, 3.63) is 87.9 Å². The summed E-state index contributed by atoms with van der Waals surface area (Å²) in [7, 11) is 0. The van der Waals surface area contributed by atoms with Crippen LogP contribution in [-0.4, -0.2) is 11.6 Å². The van der Waals surface area contributed by atoms with Crippen LogP contribution in [-0.2, 0) is 4.79 Å². The van der Waals surface area contributed by atoms with Crippen LogP contribution in [0.2, 0.25) is 0 Å². The van der Waals surface area contributed by atoms with Crippen molar-refractivity contribution in [1.82, 2.24) is 5.32 Å². The lowest BCUT2D eigenvalue weighted by Crippen LogP contribution is -2.27. The van der Waals surface area contributed by atoms with Crippen LogP contribution in [0.25, 0.3) is 5.70 Å². The summed E-state index contributed by atoms with van der Waals surface area (Å²) in [5.74, 6) is -1.03. The number of ketones is 2. The Kier molecular flexibility index (Phi) is 3.42. The van der Waals surface area contributed by atoms with Gasteiger partial charge in [-0.2, -0.15) is 0 Å². The number of carbonyl (C=O) groups excluding carboxylic acids is 2. The average molecular weight is 333 g/mol. The Morgan fingerprint density at radius 2 is 1.68 bits per heavy atom. The molecule has 25 heavy (non-hydrogen) atoms. The van der Waals surface area contributed by atoms with Crippen LogP contribution in [0.4, 0.5) is 4.39 Å². The van der Waals surface area contributed by atoms with Gasteiger partial charge in [-0.05, 0) is 31.5 Å². The number of nitrogens with one attached hydrogen (secondary N) is 1. The Balaban J connectivity index is 1.96. The summed E-state index contributed by atoms with van der Waals surface area (Å²) >= 11 is 0. The molecule has 1 aliphatic carbocycles. The molecule has 1 unspecified atom stereocenters. The number of hydrogen-bond acceptors (Lipinski definition) is 3. The number of allylic oxidation sites excluding steroid dienone is 3. The third-order valence-electron chi connectivity index (χ3n) is 4.83. The third-order valence-corrected chi connectivity index (χ3v) is 4.83. The van der Waals surface area contributed by atoms with E-state index in [0.717, 1.165) is 22.5 Å². The second-order valence-electron chi connectivity index (χ2n) is 6.37. The molecule has 1 heterocycles. The minimum absolute atomic E-state index is 0.0846. The van der Waals surface area contributed by atoms with E-state index in [-0.39, 0.29) is 17.4 Å². The fourth-order valence-electron chi connectivity index (χ4n) is 3.78. The zero-order chi connectivity index (χ0) is 17.7. The second-order valence-corrected chi connectivity index (χ2v) is 6.37. The van der Waals surface area contributed by atoms with E-state index in [1.807, 2.05) is 25.1 Å². The van der Waals surface area contributed by atoms with Crippen LogP contribution in [0.3, 0.4) is 0 Å². The van der Waals surface area contributed by atoms with Gasteiger partial charge in [0.1, 0.15) is 5.82 Å². The maximum Gasteiger partial charge on any atom is 0.192 e. The molecule has 1 aliphatic heterocycles. The van der Waals surface area contributed by atoms with E-state index in [1.165, 1.54) is 19.1 Å². The van der Waals surface area contributed by atoms with Crippen molar-refractivity contribution in [1.29, 1.82) is 0 Å². The molecule has 4 rings (SSSR count). The van der Waals surface area contributed by atoms with Gasteiger partial charge in [0.25, 0.3) is 0 Å². The zero-order valence-electron chi connectivity index (χ0n) is 13.9. The van der Waals surface area contributed by atoms with Crippen molar-refractivity contribution >= 4 is 17.3 Å². The molecule has 4 heteroatoms. The number of Topliss-reactive ketones (excluding diaryl/α,β-unsaturated/α-hetero) is 2. The molecule has 0 saturated carbocycles. The molecule has 1 N–H and O–H groups in total. The summed E-state index contributed by atoms with van der Waals surface area (Å²) in [6, 6.07) is 13.4. The number of halogens is 1. The van der Waals surface area contributed by atoms with Crippen molar-refractivity contribution in [3.8, 4) is 0 Å². The summed E-state index contributed by atoms with van der Waals surface area (Å²) < 4.78 is 13.4. The lowest BCUT2D eigenvalue weighted by molar-refractivity contribution is -0.113. The van der Waals surface area contributed by atoms with Gasteiger partial charge >= 0.3 is 0 Å².